The number of hydrogen-bond donors (Lipinski definition) is 3. The predicted octanol–water partition coefficient (Wildman–Crippen LogP) is -0.295. The quantitative estimate of drug-likeness (QED) is 0.501. The minimum absolute atomic E-state index is 0.0549. The van der Waals surface area contributed by atoms with Gasteiger partial charge in [0.05, 0.1) is 12.7 Å². The Kier molecular flexibility index (Phi) is 8.88. The zero-order valence-electron chi connectivity index (χ0n) is 9.94. The molecule has 0 aromatic heterocycles. The number of nitrogens with two attached hydrogens (primary N) is 1. The van der Waals surface area contributed by atoms with Crippen molar-refractivity contribution in [3.63, 3.8) is 0 Å². The van der Waals surface area contributed by atoms with Crippen LogP contribution in [-0.4, -0.2) is 50.2 Å². The molecule has 6 nitrogen and oxygen atoms in total. The van der Waals surface area contributed by atoms with Crippen molar-refractivity contribution < 1.29 is 19.4 Å². The van der Waals surface area contributed by atoms with E-state index in [1.807, 2.05) is 13.8 Å². The van der Waals surface area contributed by atoms with Crippen LogP contribution in [0, 0.1) is 5.92 Å². The van der Waals surface area contributed by atoms with Crippen LogP contribution in [0.25, 0.3) is 0 Å². The lowest BCUT2D eigenvalue weighted by Crippen LogP contribution is -2.31. The Morgan fingerprint density at radius 3 is 2.69 bits per heavy atom. The van der Waals surface area contributed by atoms with Gasteiger partial charge in [0.2, 0.25) is 0 Å². The summed E-state index contributed by atoms with van der Waals surface area (Å²) >= 11 is 0. The van der Waals surface area contributed by atoms with Gasteiger partial charge in [0, 0.05) is 25.6 Å². The first-order valence-corrected chi connectivity index (χ1v) is 5.45. The minimum Gasteiger partial charge on any atom is -0.447 e. The molecule has 0 aliphatic rings. The third kappa shape index (κ3) is 7.44. The zero-order chi connectivity index (χ0) is 12.4. The minimum atomic E-state index is -0.489. The summed E-state index contributed by atoms with van der Waals surface area (Å²) in [5, 5.41) is 11.3. The highest BCUT2D eigenvalue weighted by Gasteiger charge is 2.11. The molecular weight excluding hydrogens is 212 g/mol. The second kappa shape index (κ2) is 9.38. The largest absolute Gasteiger partial charge is 0.447 e. The zero-order valence-corrected chi connectivity index (χ0v) is 9.94. The van der Waals surface area contributed by atoms with Gasteiger partial charge in [-0.1, -0.05) is 6.92 Å². The maximum absolute atomic E-state index is 11.0. The standard InChI is InChI=1S/C10H22N2O4/c1-8(7-13)9(2)15-5-6-16-10(14)12-4-3-11/h8-9,13H,3-7,11H2,1-2H3,(H,12,14). The van der Waals surface area contributed by atoms with Crippen LogP contribution < -0.4 is 11.1 Å². The Bertz CT molecular complexity index is 190. The van der Waals surface area contributed by atoms with Gasteiger partial charge in [-0.05, 0) is 6.92 Å². The second-order valence-corrected chi connectivity index (χ2v) is 3.59. The van der Waals surface area contributed by atoms with E-state index in [0.717, 1.165) is 0 Å². The van der Waals surface area contributed by atoms with Crippen LogP contribution in [-0.2, 0) is 9.47 Å². The molecule has 0 spiro atoms. The molecule has 0 aromatic rings. The molecule has 6 heteroatoms. The van der Waals surface area contributed by atoms with E-state index in [1.165, 1.54) is 0 Å². The number of carbonyl (C=O) groups is 1. The molecule has 0 saturated carbocycles. The summed E-state index contributed by atoms with van der Waals surface area (Å²) in [5.41, 5.74) is 5.20. The summed E-state index contributed by atoms with van der Waals surface area (Å²) in [6.07, 6.45) is -0.544. The van der Waals surface area contributed by atoms with Crippen LogP contribution in [0.2, 0.25) is 0 Å². The number of ether oxygens (including phenoxy) is 2. The van der Waals surface area contributed by atoms with E-state index in [9.17, 15) is 4.79 Å². The van der Waals surface area contributed by atoms with Gasteiger partial charge in [0.15, 0.2) is 0 Å². The van der Waals surface area contributed by atoms with Crippen LogP contribution in [0.4, 0.5) is 4.79 Å². The lowest BCUT2D eigenvalue weighted by Gasteiger charge is -2.18. The van der Waals surface area contributed by atoms with Crippen molar-refractivity contribution in [3.8, 4) is 0 Å². The molecule has 4 N–H and O–H groups in total. The van der Waals surface area contributed by atoms with Crippen LogP contribution in [0.1, 0.15) is 13.8 Å². The highest BCUT2D eigenvalue weighted by Crippen LogP contribution is 2.04. The third-order valence-corrected chi connectivity index (χ3v) is 2.20. The van der Waals surface area contributed by atoms with Crippen molar-refractivity contribution in [2.45, 2.75) is 20.0 Å². The van der Waals surface area contributed by atoms with E-state index in [0.29, 0.717) is 19.7 Å². The smallest absolute Gasteiger partial charge is 0.407 e. The average molecular weight is 234 g/mol. The molecule has 0 bridgehead atoms. The van der Waals surface area contributed by atoms with Gasteiger partial charge in [-0.2, -0.15) is 0 Å². The third-order valence-electron chi connectivity index (χ3n) is 2.20. The molecular formula is C10H22N2O4. The van der Waals surface area contributed by atoms with Crippen LogP contribution >= 0.6 is 0 Å². The normalized spacial score (nSPS) is 14.2. The van der Waals surface area contributed by atoms with E-state index < -0.39 is 6.09 Å². The van der Waals surface area contributed by atoms with Gasteiger partial charge in [0.25, 0.3) is 0 Å². The highest BCUT2D eigenvalue weighted by molar-refractivity contribution is 5.67. The summed E-state index contributed by atoms with van der Waals surface area (Å²) in [5.74, 6) is 0.0751. The molecule has 16 heavy (non-hydrogen) atoms. The van der Waals surface area contributed by atoms with Crippen LogP contribution in [0.15, 0.2) is 0 Å². The molecule has 0 aliphatic heterocycles. The fraction of sp³-hybridized carbons (Fsp3) is 0.900. The summed E-state index contributed by atoms with van der Waals surface area (Å²) in [6.45, 7) is 5.14. The summed E-state index contributed by atoms with van der Waals surface area (Å²) in [4.78, 5) is 11.0. The van der Waals surface area contributed by atoms with Crippen molar-refractivity contribution in [1.29, 1.82) is 0 Å². The number of alkyl carbamates (subject to hydrolysis) is 1. The topological polar surface area (TPSA) is 93.8 Å². The maximum Gasteiger partial charge on any atom is 0.407 e. The maximum atomic E-state index is 11.0. The number of hydrogen-bond acceptors (Lipinski definition) is 5. The van der Waals surface area contributed by atoms with Gasteiger partial charge < -0.3 is 25.6 Å². The number of aliphatic hydroxyl groups excluding tert-OH is 1. The lowest BCUT2D eigenvalue weighted by molar-refractivity contribution is -0.00776. The highest BCUT2D eigenvalue weighted by atomic mass is 16.6. The molecule has 0 aromatic carbocycles. The van der Waals surface area contributed by atoms with Gasteiger partial charge in [-0.15, -0.1) is 0 Å². The first-order valence-electron chi connectivity index (χ1n) is 5.45. The number of carbonyl (C=O) groups excluding carboxylic acids is 1. The molecule has 2 atom stereocenters. The van der Waals surface area contributed by atoms with Crippen LogP contribution in [0.5, 0.6) is 0 Å². The van der Waals surface area contributed by atoms with E-state index in [1.54, 1.807) is 0 Å². The average Bonchev–Trinajstić information content (AvgIpc) is 2.30. The van der Waals surface area contributed by atoms with E-state index >= 15 is 0 Å². The van der Waals surface area contributed by atoms with Crippen molar-refractivity contribution in [3.05, 3.63) is 0 Å². The van der Waals surface area contributed by atoms with Gasteiger partial charge in [-0.25, -0.2) is 4.79 Å². The van der Waals surface area contributed by atoms with Crippen molar-refractivity contribution in [1.82, 2.24) is 5.32 Å². The summed E-state index contributed by atoms with van der Waals surface area (Å²) in [7, 11) is 0. The molecule has 1 amide bonds. The monoisotopic (exact) mass is 234 g/mol. The molecule has 2 unspecified atom stereocenters. The molecule has 0 fully saturated rings. The first-order chi connectivity index (χ1) is 7.61. The molecule has 0 aliphatic carbocycles. The Morgan fingerprint density at radius 2 is 2.12 bits per heavy atom. The Labute approximate surface area is 96.1 Å². The summed E-state index contributed by atoms with van der Waals surface area (Å²) < 4.78 is 10.2. The lowest BCUT2D eigenvalue weighted by atomic mass is 10.1. The molecule has 0 rings (SSSR count). The number of aliphatic hydroxyl groups is 1. The van der Waals surface area contributed by atoms with Gasteiger partial charge in [-0.3, -0.25) is 0 Å². The molecule has 96 valence electrons. The fourth-order valence-corrected chi connectivity index (χ4v) is 0.906. The molecule has 0 radical (unpaired) electrons. The van der Waals surface area contributed by atoms with Gasteiger partial charge in [0.1, 0.15) is 6.61 Å². The van der Waals surface area contributed by atoms with Gasteiger partial charge >= 0.3 is 6.09 Å². The second-order valence-electron chi connectivity index (χ2n) is 3.59. The number of nitrogens with one attached hydrogen (secondary N) is 1. The Balaban J connectivity index is 3.42. The van der Waals surface area contributed by atoms with Crippen molar-refractivity contribution >= 4 is 6.09 Å². The Morgan fingerprint density at radius 1 is 1.44 bits per heavy atom. The molecule has 0 heterocycles. The number of rotatable bonds is 8. The summed E-state index contributed by atoms with van der Waals surface area (Å²) in [6, 6.07) is 0. The number of amides is 1. The first kappa shape index (κ1) is 15.2. The SMILES string of the molecule is CC(CO)C(C)OCCOC(=O)NCCN. The molecule has 0 saturated heterocycles. The van der Waals surface area contributed by atoms with Crippen LogP contribution in [0.3, 0.4) is 0 Å². The van der Waals surface area contributed by atoms with Crippen molar-refractivity contribution in [2.75, 3.05) is 32.9 Å². The van der Waals surface area contributed by atoms with E-state index in [4.69, 9.17) is 20.3 Å². The van der Waals surface area contributed by atoms with Crippen molar-refractivity contribution in [2.24, 2.45) is 11.7 Å². The predicted molar refractivity (Wildman–Crippen MR) is 60.1 cm³/mol. The fourth-order valence-electron chi connectivity index (χ4n) is 0.906. The van der Waals surface area contributed by atoms with E-state index in [-0.39, 0.29) is 25.2 Å². The van der Waals surface area contributed by atoms with E-state index in [2.05, 4.69) is 5.32 Å². The Hall–Kier alpha value is -0.850.